The standard InChI is InChI=1S/C19H25N3O5S2/c1-13(2)21-29(26,27)16-9-7-8-15(12-16)19(23)20-14(3)17-10-5-6-11-18(17)22-28(4,24)25/h5-14,21-22H,1-4H3,(H,20,23). The van der Waals surface area contributed by atoms with Crippen LogP contribution in [-0.2, 0) is 20.0 Å². The summed E-state index contributed by atoms with van der Waals surface area (Å²) >= 11 is 0. The van der Waals surface area contributed by atoms with Crippen molar-refractivity contribution in [2.24, 2.45) is 0 Å². The van der Waals surface area contributed by atoms with Gasteiger partial charge in [-0.1, -0.05) is 24.3 Å². The SMILES string of the molecule is CC(C)NS(=O)(=O)c1cccc(C(=O)NC(C)c2ccccc2NS(C)(=O)=O)c1. The van der Waals surface area contributed by atoms with Crippen molar-refractivity contribution in [2.75, 3.05) is 11.0 Å². The number of hydrogen-bond donors (Lipinski definition) is 3. The lowest BCUT2D eigenvalue weighted by Crippen LogP contribution is -2.31. The predicted octanol–water partition coefficient (Wildman–Crippen LogP) is 2.24. The van der Waals surface area contributed by atoms with E-state index in [-0.39, 0.29) is 16.5 Å². The minimum absolute atomic E-state index is 0.00866. The maximum atomic E-state index is 12.7. The maximum absolute atomic E-state index is 12.7. The van der Waals surface area contributed by atoms with Gasteiger partial charge in [0.05, 0.1) is 22.9 Å². The molecule has 0 aliphatic rings. The van der Waals surface area contributed by atoms with Gasteiger partial charge < -0.3 is 5.32 Å². The summed E-state index contributed by atoms with van der Waals surface area (Å²) in [5, 5.41) is 2.77. The first-order valence-electron chi connectivity index (χ1n) is 8.89. The number of para-hydroxylation sites is 1. The Hall–Kier alpha value is -2.43. The van der Waals surface area contributed by atoms with E-state index in [0.29, 0.717) is 11.3 Å². The molecule has 158 valence electrons. The molecule has 10 heteroatoms. The first-order valence-corrected chi connectivity index (χ1v) is 12.3. The van der Waals surface area contributed by atoms with Crippen LogP contribution in [0.5, 0.6) is 0 Å². The highest BCUT2D eigenvalue weighted by molar-refractivity contribution is 7.92. The van der Waals surface area contributed by atoms with E-state index < -0.39 is 32.0 Å². The summed E-state index contributed by atoms with van der Waals surface area (Å²) in [7, 11) is -7.21. The van der Waals surface area contributed by atoms with Crippen LogP contribution in [0.4, 0.5) is 5.69 Å². The molecular weight excluding hydrogens is 414 g/mol. The molecule has 0 heterocycles. The zero-order chi connectivity index (χ0) is 21.8. The van der Waals surface area contributed by atoms with Crippen molar-refractivity contribution in [3.63, 3.8) is 0 Å². The number of amides is 1. The summed E-state index contributed by atoms with van der Waals surface area (Å²) in [5.74, 6) is -0.478. The molecule has 2 rings (SSSR count). The van der Waals surface area contributed by atoms with Crippen LogP contribution in [0.1, 0.15) is 42.7 Å². The number of sulfonamides is 2. The summed E-state index contributed by atoms with van der Waals surface area (Å²) in [4.78, 5) is 12.7. The molecule has 0 aliphatic carbocycles. The molecule has 8 nitrogen and oxygen atoms in total. The Morgan fingerprint density at radius 2 is 1.59 bits per heavy atom. The van der Waals surface area contributed by atoms with Gasteiger partial charge in [-0.05, 0) is 50.6 Å². The van der Waals surface area contributed by atoms with E-state index >= 15 is 0 Å². The normalized spacial score (nSPS) is 13.1. The predicted molar refractivity (Wildman–Crippen MR) is 113 cm³/mol. The third-order valence-electron chi connectivity index (χ3n) is 3.87. The van der Waals surface area contributed by atoms with Gasteiger partial charge in [-0.2, -0.15) is 0 Å². The molecule has 0 saturated heterocycles. The largest absolute Gasteiger partial charge is 0.345 e. The molecule has 2 aromatic carbocycles. The highest BCUT2D eigenvalue weighted by Crippen LogP contribution is 2.24. The van der Waals surface area contributed by atoms with Crippen molar-refractivity contribution in [1.82, 2.24) is 10.0 Å². The topological polar surface area (TPSA) is 121 Å². The van der Waals surface area contributed by atoms with Crippen LogP contribution < -0.4 is 14.8 Å². The lowest BCUT2D eigenvalue weighted by Gasteiger charge is -2.18. The highest BCUT2D eigenvalue weighted by atomic mass is 32.2. The van der Waals surface area contributed by atoms with Crippen LogP contribution in [0, 0.1) is 0 Å². The molecule has 0 spiro atoms. The maximum Gasteiger partial charge on any atom is 0.251 e. The number of carbonyl (C=O) groups is 1. The molecular formula is C19H25N3O5S2. The van der Waals surface area contributed by atoms with Gasteiger partial charge in [-0.15, -0.1) is 0 Å². The molecule has 29 heavy (non-hydrogen) atoms. The monoisotopic (exact) mass is 439 g/mol. The van der Waals surface area contributed by atoms with Gasteiger partial charge in [-0.3, -0.25) is 9.52 Å². The molecule has 1 atom stereocenters. The quantitative estimate of drug-likeness (QED) is 0.582. The van der Waals surface area contributed by atoms with E-state index in [4.69, 9.17) is 0 Å². The third-order valence-corrected chi connectivity index (χ3v) is 6.11. The van der Waals surface area contributed by atoms with E-state index in [1.165, 1.54) is 24.3 Å². The highest BCUT2D eigenvalue weighted by Gasteiger charge is 2.19. The fourth-order valence-electron chi connectivity index (χ4n) is 2.71. The second kappa shape index (κ2) is 8.93. The lowest BCUT2D eigenvalue weighted by molar-refractivity contribution is 0.0940. The van der Waals surface area contributed by atoms with Gasteiger partial charge in [0.15, 0.2) is 0 Å². The Balaban J connectivity index is 2.25. The molecule has 0 radical (unpaired) electrons. The number of rotatable bonds is 8. The Bertz CT molecular complexity index is 1100. The second-order valence-electron chi connectivity index (χ2n) is 6.96. The van der Waals surface area contributed by atoms with E-state index in [9.17, 15) is 21.6 Å². The molecule has 0 fully saturated rings. The first-order chi connectivity index (χ1) is 13.4. The first kappa shape index (κ1) is 22.9. The Morgan fingerprint density at radius 3 is 2.21 bits per heavy atom. The Kier molecular flexibility index (Phi) is 7.04. The van der Waals surface area contributed by atoms with Crippen LogP contribution in [0.3, 0.4) is 0 Å². The van der Waals surface area contributed by atoms with Crippen LogP contribution >= 0.6 is 0 Å². The lowest BCUT2D eigenvalue weighted by atomic mass is 10.1. The number of anilines is 1. The van der Waals surface area contributed by atoms with Gasteiger partial charge in [0.2, 0.25) is 20.0 Å². The number of hydrogen-bond acceptors (Lipinski definition) is 5. The average molecular weight is 440 g/mol. The Morgan fingerprint density at radius 1 is 0.931 bits per heavy atom. The van der Waals surface area contributed by atoms with Crippen molar-refractivity contribution in [3.8, 4) is 0 Å². The second-order valence-corrected chi connectivity index (χ2v) is 10.4. The molecule has 1 amide bonds. The zero-order valence-corrected chi connectivity index (χ0v) is 18.3. The minimum Gasteiger partial charge on any atom is -0.345 e. The van der Waals surface area contributed by atoms with Crippen LogP contribution in [0.15, 0.2) is 53.4 Å². The molecule has 3 N–H and O–H groups in total. The van der Waals surface area contributed by atoms with Crippen molar-refractivity contribution >= 4 is 31.6 Å². The summed E-state index contributed by atoms with van der Waals surface area (Å²) < 4.78 is 52.7. The molecule has 1 unspecified atom stereocenters. The zero-order valence-electron chi connectivity index (χ0n) is 16.6. The molecule has 0 aliphatic heterocycles. The molecule has 2 aromatic rings. The van der Waals surface area contributed by atoms with Gasteiger partial charge in [0, 0.05) is 11.6 Å². The number of benzene rings is 2. The summed E-state index contributed by atoms with van der Waals surface area (Å²) in [6.07, 6.45) is 1.05. The fourth-order valence-corrected chi connectivity index (χ4v) is 4.59. The number of nitrogens with one attached hydrogen (secondary N) is 3. The van der Waals surface area contributed by atoms with E-state index in [2.05, 4.69) is 14.8 Å². The van der Waals surface area contributed by atoms with Gasteiger partial charge in [-0.25, -0.2) is 21.6 Å². The van der Waals surface area contributed by atoms with Gasteiger partial charge in [0.25, 0.3) is 5.91 Å². The van der Waals surface area contributed by atoms with Crippen molar-refractivity contribution in [3.05, 3.63) is 59.7 Å². The molecule has 0 bridgehead atoms. The van der Waals surface area contributed by atoms with Gasteiger partial charge >= 0.3 is 0 Å². The van der Waals surface area contributed by atoms with Crippen molar-refractivity contribution in [2.45, 2.75) is 37.8 Å². The summed E-state index contributed by atoms with van der Waals surface area (Å²) in [5.41, 5.74) is 1.12. The summed E-state index contributed by atoms with van der Waals surface area (Å²) in [6, 6.07) is 11.6. The molecule has 0 saturated carbocycles. The smallest absolute Gasteiger partial charge is 0.251 e. The average Bonchev–Trinajstić information content (AvgIpc) is 2.59. The Labute approximate surface area is 171 Å². The van der Waals surface area contributed by atoms with Gasteiger partial charge in [0.1, 0.15) is 0 Å². The third kappa shape index (κ3) is 6.55. The fraction of sp³-hybridized carbons (Fsp3) is 0.316. The summed E-state index contributed by atoms with van der Waals surface area (Å²) in [6.45, 7) is 5.12. The van der Waals surface area contributed by atoms with Crippen molar-refractivity contribution < 1.29 is 21.6 Å². The van der Waals surface area contributed by atoms with E-state index in [0.717, 1.165) is 6.26 Å². The van der Waals surface area contributed by atoms with Crippen LogP contribution in [0.2, 0.25) is 0 Å². The van der Waals surface area contributed by atoms with Crippen LogP contribution in [0.25, 0.3) is 0 Å². The molecule has 0 aromatic heterocycles. The van der Waals surface area contributed by atoms with Crippen molar-refractivity contribution in [1.29, 1.82) is 0 Å². The number of carbonyl (C=O) groups excluding carboxylic acids is 1. The van der Waals surface area contributed by atoms with Crippen LogP contribution in [-0.4, -0.2) is 35.0 Å². The van der Waals surface area contributed by atoms with E-state index in [1.54, 1.807) is 45.0 Å². The van der Waals surface area contributed by atoms with E-state index in [1.807, 2.05) is 0 Å². The minimum atomic E-state index is -3.73.